The van der Waals surface area contributed by atoms with Crippen molar-refractivity contribution in [1.82, 2.24) is 0 Å². The van der Waals surface area contributed by atoms with Crippen molar-refractivity contribution in [2.24, 2.45) is 0 Å². The number of halogens is 2. The molecule has 1 atom stereocenters. The van der Waals surface area contributed by atoms with Crippen molar-refractivity contribution >= 4 is 28.9 Å². The van der Waals surface area contributed by atoms with Crippen LogP contribution in [0.25, 0.3) is 0 Å². The first kappa shape index (κ1) is 14.7. The third-order valence-corrected chi connectivity index (χ3v) is 3.72. The Morgan fingerprint density at radius 1 is 1.15 bits per heavy atom. The highest BCUT2D eigenvalue weighted by molar-refractivity contribution is 6.35. The van der Waals surface area contributed by atoms with Gasteiger partial charge in [-0.25, -0.2) is 0 Å². The van der Waals surface area contributed by atoms with Crippen molar-refractivity contribution in [3.63, 3.8) is 0 Å². The SMILES string of the molecule is Cc1cc(NC(C)c2ccc(Cl)cc2Cl)ccc1C#N. The van der Waals surface area contributed by atoms with E-state index in [0.717, 1.165) is 16.8 Å². The number of nitrogens with one attached hydrogen (secondary N) is 1. The number of benzene rings is 2. The molecule has 20 heavy (non-hydrogen) atoms. The summed E-state index contributed by atoms with van der Waals surface area (Å²) in [6, 6.07) is 13.3. The Labute approximate surface area is 128 Å². The minimum Gasteiger partial charge on any atom is -0.378 e. The van der Waals surface area contributed by atoms with Crippen LogP contribution in [0, 0.1) is 18.3 Å². The summed E-state index contributed by atoms with van der Waals surface area (Å²) in [5.74, 6) is 0. The van der Waals surface area contributed by atoms with E-state index in [0.29, 0.717) is 15.6 Å². The molecular formula is C16H14Cl2N2. The monoisotopic (exact) mass is 304 g/mol. The predicted molar refractivity (Wildman–Crippen MR) is 84.4 cm³/mol. The molecule has 0 spiro atoms. The average molecular weight is 305 g/mol. The van der Waals surface area contributed by atoms with E-state index in [2.05, 4.69) is 11.4 Å². The molecule has 0 fully saturated rings. The van der Waals surface area contributed by atoms with Crippen LogP contribution in [-0.4, -0.2) is 0 Å². The fourth-order valence-electron chi connectivity index (χ4n) is 2.06. The normalized spacial score (nSPS) is 11.8. The number of rotatable bonds is 3. The van der Waals surface area contributed by atoms with E-state index < -0.39 is 0 Å². The van der Waals surface area contributed by atoms with Gasteiger partial charge in [0.2, 0.25) is 0 Å². The molecule has 0 heterocycles. The molecule has 102 valence electrons. The zero-order valence-electron chi connectivity index (χ0n) is 11.2. The Morgan fingerprint density at radius 2 is 1.90 bits per heavy atom. The van der Waals surface area contributed by atoms with Gasteiger partial charge < -0.3 is 5.32 Å². The van der Waals surface area contributed by atoms with Gasteiger partial charge in [0.15, 0.2) is 0 Å². The molecule has 2 aromatic rings. The summed E-state index contributed by atoms with van der Waals surface area (Å²) >= 11 is 12.1. The summed E-state index contributed by atoms with van der Waals surface area (Å²) < 4.78 is 0. The second kappa shape index (κ2) is 6.17. The average Bonchev–Trinajstić information content (AvgIpc) is 2.38. The molecule has 0 aromatic heterocycles. The van der Waals surface area contributed by atoms with Crippen molar-refractivity contribution < 1.29 is 0 Å². The maximum atomic E-state index is 8.93. The third kappa shape index (κ3) is 3.25. The Kier molecular flexibility index (Phi) is 4.54. The first-order chi connectivity index (χ1) is 9.51. The van der Waals surface area contributed by atoms with Crippen LogP contribution >= 0.6 is 23.2 Å². The molecule has 0 saturated carbocycles. The predicted octanol–water partition coefficient (Wildman–Crippen LogP) is 5.35. The topological polar surface area (TPSA) is 35.8 Å². The number of nitriles is 1. The van der Waals surface area contributed by atoms with Crippen LogP contribution in [0.4, 0.5) is 5.69 Å². The number of hydrogen-bond donors (Lipinski definition) is 1. The van der Waals surface area contributed by atoms with E-state index in [1.54, 1.807) is 6.07 Å². The van der Waals surface area contributed by atoms with Gasteiger partial charge in [0.25, 0.3) is 0 Å². The van der Waals surface area contributed by atoms with Gasteiger partial charge in [-0.3, -0.25) is 0 Å². The number of nitrogens with zero attached hydrogens (tertiary/aromatic N) is 1. The van der Waals surface area contributed by atoms with Crippen LogP contribution in [0.1, 0.15) is 29.7 Å². The van der Waals surface area contributed by atoms with Crippen LogP contribution in [0.5, 0.6) is 0 Å². The van der Waals surface area contributed by atoms with Gasteiger partial charge in [-0.05, 0) is 55.3 Å². The summed E-state index contributed by atoms with van der Waals surface area (Å²) in [5, 5.41) is 13.6. The Morgan fingerprint density at radius 3 is 2.50 bits per heavy atom. The quantitative estimate of drug-likeness (QED) is 0.830. The molecule has 0 amide bonds. The standard InChI is InChI=1S/C16H14Cl2N2/c1-10-7-14(5-3-12(10)9-19)20-11(2)15-6-4-13(17)8-16(15)18/h3-8,11,20H,1-2H3. The molecule has 0 aliphatic heterocycles. The van der Waals surface area contributed by atoms with Gasteiger partial charge in [0, 0.05) is 21.8 Å². The summed E-state index contributed by atoms with van der Waals surface area (Å²) in [6.45, 7) is 3.95. The third-order valence-electron chi connectivity index (χ3n) is 3.16. The lowest BCUT2D eigenvalue weighted by molar-refractivity contribution is 0.885. The molecule has 0 aliphatic carbocycles. The van der Waals surface area contributed by atoms with Crippen LogP contribution < -0.4 is 5.32 Å². The molecule has 0 saturated heterocycles. The minimum atomic E-state index is 0.0482. The lowest BCUT2D eigenvalue weighted by Crippen LogP contribution is -2.07. The van der Waals surface area contributed by atoms with Crippen LogP contribution in [0.15, 0.2) is 36.4 Å². The molecule has 1 unspecified atom stereocenters. The second-order valence-electron chi connectivity index (χ2n) is 4.67. The summed E-state index contributed by atoms with van der Waals surface area (Å²) in [6.07, 6.45) is 0. The van der Waals surface area contributed by atoms with E-state index in [-0.39, 0.29) is 6.04 Å². The fourth-order valence-corrected chi connectivity index (χ4v) is 2.63. The van der Waals surface area contributed by atoms with E-state index in [4.69, 9.17) is 28.5 Å². The van der Waals surface area contributed by atoms with Crippen molar-refractivity contribution in [3.8, 4) is 6.07 Å². The van der Waals surface area contributed by atoms with Crippen LogP contribution in [-0.2, 0) is 0 Å². The highest BCUT2D eigenvalue weighted by atomic mass is 35.5. The lowest BCUT2D eigenvalue weighted by Gasteiger charge is -2.17. The number of hydrogen-bond acceptors (Lipinski definition) is 2. The van der Waals surface area contributed by atoms with E-state index in [1.165, 1.54) is 0 Å². The molecule has 4 heteroatoms. The summed E-state index contributed by atoms with van der Waals surface area (Å²) in [4.78, 5) is 0. The molecular weight excluding hydrogens is 291 g/mol. The van der Waals surface area contributed by atoms with Crippen molar-refractivity contribution in [1.29, 1.82) is 5.26 Å². The Balaban J connectivity index is 2.21. The van der Waals surface area contributed by atoms with Crippen LogP contribution in [0.3, 0.4) is 0 Å². The lowest BCUT2D eigenvalue weighted by atomic mass is 10.1. The van der Waals surface area contributed by atoms with Gasteiger partial charge in [-0.2, -0.15) is 5.26 Å². The van der Waals surface area contributed by atoms with Gasteiger partial charge in [0.1, 0.15) is 0 Å². The highest BCUT2D eigenvalue weighted by Crippen LogP contribution is 2.28. The maximum absolute atomic E-state index is 8.93. The van der Waals surface area contributed by atoms with Gasteiger partial charge in [-0.15, -0.1) is 0 Å². The second-order valence-corrected chi connectivity index (χ2v) is 5.52. The first-order valence-electron chi connectivity index (χ1n) is 6.23. The zero-order chi connectivity index (χ0) is 14.7. The van der Waals surface area contributed by atoms with Gasteiger partial charge >= 0.3 is 0 Å². The molecule has 0 bridgehead atoms. The molecule has 2 nitrogen and oxygen atoms in total. The van der Waals surface area contributed by atoms with Crippen LogP contribution in [0.2, 0.25) is 10.0 Å². The van der Waals surface area contributed by atoms with Gasteiger partial charge in [-0.1, -0.05) is 29.3 Å². The molecule has 0 radical (unpaired) electrons. The minimum absolute atomic E-state index is 0.0482. The Hall–Kier alpha value is -1.69. The van der Waals surface area contributed by atoms with Gasteiger partial charge in [0.05, 0.1) is 11.6 Å². The maximum Gasteiger partial charge on any atom is 0.0994 e. The summed E-state index contributed by atoms with van der Waals surface area (Å²) in [5.41, 5.74) is 3.58. The van der Waals surface area contributed by atoms with Crippen molar-refractivity contribution in [2.45, 2.75) is 19.9 Å². The molecule has 0 aliphatic rings. The first-order valence-corrected chi connectivity index (χ1v) is 6.99. The van der Waals surface area contributed by atoms with Crippen molar-refractivity contribution in [2.75, 3.05) is 5.32 Å². The number of aryl methyl sites for hydroxylation is 1. The van der Waals surface area contributed by atoms with Crippen molar-refractivity contribution in [3.05, 3.63) is 63.1 Å². The van der Waals surface area contributed by atoms with E-state index in [9.17, 15) is 0 Å². The smallest absolute Gasteiger partial charge is 0.0994 e. The molecule has 1 N–H and O–H groups in total. The summed E-state index contributed by atoms with van der Waals surface area (Å²) in [7, 11) is 0. The van der Waals surface area contributed by atoms with E-state index >= 15 is 0 Å². The molecule has 2 rings (SSSR count). The fraction of sp³-hybridized carbons (Fsp3) is 0.188. The molecule has 2 aromatic carbocycles. The zero-order valence-corrected chi connectivity index (χ0v) is 12.8. The highest BCUT2D eigenvalue weighted by Gasteiger charge is 2.10. The largest absolute Gasteiger partial charge is 0.378 e. The Bertz CT molecular complexity index is 675. The van der Waals surface area contributed by atoms with E-state index in [1.807, 2.05) is 44.2 Å². The number of anilines is 1.